The first-order chi connectivity index (χ1) is 7.42. The average molecular weight is 237 g/mol. The van der Waals surface area contributed by atoms with Crippen LogP contribution in [0.5, 0.6) is 0 Å². The van der Waals surface area contributed by atoms with Gasteiger partial charge in [-0.25, -0.2) is 0 Å². The van der Waals surface area contributed by atoms with E-state index < -0.39 is 37.1 Å². The summed E-state index contributed by atoms with van der Waals surface area (Å²) in [6.07, 6.45) is -3.49. The third kappa shape index (κ3) is 5.38. The summed E-state index contributed by atoms with van der Waals surface area (Å²) in [5.74, 6) is -0.475. The van der Waals surface area contributed by atoms with Gasteiger partial charge in [-0.3, -0.25) is 4.79 Å². The first-order valence-corrected chi connectivity index (χ1v) is 4.92. The van der Waals surface area contributed by atoms with Gasteiger partial charge in [0.05, 0.1) is 19.3 Å². The summed E-state index contributed by atoms with van der Waals surface area (Å²) in [7, 11) is 0. The van der Waals surface area contributed by atoms with Gasteiger partial charge in [0, 0.05) is 6.92 Å². The maximum Gasteiger partial charge on any atom is 0.217 e. The molecule has 5 N–H and O–H groups in total. The van der Waals surface area contributed by atoms with Crippen molar-refractivity contribution in [1.29, 1.82) is 0 Å². The number of nitrogens with one attached hydrogen (secondary N) is 1. The highest BCUT2D eigenvalue weighted by molar-refractivity contribution is 5.73. The van der Waals surface area contributed by atoms with E-state index in [1.54, 1.807) is 0 Å². The number of aliphatic hydroxyl groups excluding tert-OH is 4. The van der Waals surface area contributed by atoms with Crippen LogP contribution in [-0.4, -0.2) is 64.1 Å². The molecule has 0 saturated heterocycles. The van der Waals surface area contributed by atoms with Crippen LogP contribution in [0, 0.1) is 0 Å². The fraction of sp³-hybridized carbons (Fsp3) is 0.889. The lowest BCUT2D eigenvalue weighted by Crippen LogP contribution is -2.53. The third-order valence-corrected chi connectivity index (χ3v) is 1.91. The van der Waals surface area contributed by atoms with Gasteiger partial charge in [-0.2, -0.15) is 0 Å². The van der Waals surface area contributed by atoms with Crippen molar-refractivity contribution in [2.45, 2.75) is 38.4 Å². The van der Waals surface area contributed by atoms with Crippen molar-refractivity contribution >= 4 is 5.91 Å². The molecule has 0 aliphatic rings. The van der Waals surface area contributed by atoms with Crippen LogP contribution in [0.15, 0.2) is 0 Å². The Balaban J connectivity index is 4.42. The molecule has 1 amide bonds. The summed E-state index contributed by atoms with van der Waals surface area (Å²) < 4.78 is 4.91. The molecule has 0 bridgehead atoms. The van der Waals surface area contributed by atoms with Crippen LogP contribution in [0.3, 0.4) is 0 Å². The topological polar surface area (TPSA) is 119 Å². The summed E-state index contributed by atoms with van der Waals surface area (Å²) in [6.45, 7) is 1.79. The maximum atomic E-state index is 10.8. The summed E-state index contributed by atoms with van der Waals surface area (Å²) >= 11 is 0. The quantitative estimate of drug-likeness (QED) is 0.314. The van der Waals surface area contributed by atoms with E-state index in [-0.39, 0.29) is 6.61 Å². The van der Waals surface area contributed by atoms with Crippen molar-refractivity contribution in [2.75, 3.05) is 13.2 Å². The Kier molecular flexibility index (Phi) is 7.18. The monoisotopic (exact) mass is 237 g/mol. The van der Waals surface area contributed by atoms with Crippen LogP contribution in [0.1, 0.15) is 13.8 Å². The van der Waals surface area contributed by atoms with Gasteiger partial charge in [0.2, 0.25) is 5.91 Å². The number of carbonyl (C=O) groups is 1. The van der Waals surface area contributed by atoms with Crippen molar-refractivity contribution in [2.24, 2.45) is 0 Å². The number of hydrogen-bond donors (Lipinski definition) is 5. The zero-order valence-corrected chi connectivity index (χ0v) is 9.33. The summed E-state index contributed by atoms with van der Waals surface area (Å²) in [5, 5.41) is 38.6. The van der Waals surface area contributed by atoms with Gasteiger partial charge in [0.25, 0.3) is 0 Å². The van der Waals surface area contributed by atoms with Crippen molar-refractivity contribution in [3.8, 4) is 0 Å². The van der Waals surface area contributed by atoms with Gasteiger partial charge in [0.1, 0.15) is 12.1 Å². The maximum absolute atomic E-state index is 10.8. The minimum atomic E-state index is -1.51. The summed E-state index contributed by atoms with van der Waals surface area (Å²) in [4.78, 5) is 10.8. The van der Waals surface area contributed by atoms with Crippen LogP contribution >= 0.6 is 0 Å². The van der Waals surface area contributed by atoms with Gasteiger partial charge in [-0.15, -0.1) is 0 Å². The molecule has 96 valence electrons. The highest BCUT2D eigenvalue weighted by atomic mass is 16.6. The molecular formula is C9H19NO6. The fourth-order valence-corrected chi connectivity index (χ4v) is 1.07. The third-order valence-electron chi connectivity index (χ3n) is 1.91. The second-order valence-corrected chi connectivity index (χ2v) is 3.50. The molecule has 0 rings (SSSR count). The molecule has 3 unspecified atom stereocenters. The molecule has 16 heavy (non-hydrogen) atoms. The van der Waals surface area contributed by atoms with E-state index in [1.807, 2.05) is 0 Å². The number of hydrogen-bond acceptors (Lipinski definition) is 6. The van der Waals surface area contributed by atoms with Gasteiger partial charge in [-0.05, 0) is 6.92 Å². The van der Waals surface area contributed by atoms with Gasteiger partial charge in [-0.1, -0.05) is 0 Å². The van der Waals surface area contributed by atoms with E-state index in [9.17, 15) is 15.0 Å². The Bertz CT molecular complexity index is 212. The smallest absolute Gasteiger partial charge is 0.217 e. The van der Waals surface area contributed by atoms with Crippen molar-refractivity contribution in [3.63, 3.8) is 0 Å². The molecule has 0 fully saturated rings. The molecule has 7 nitrogen and oxygen atoms in total. The van der Waals surface area contributed by atoms with Crippen LogP contribution in [0.2, 0.25) is 0 Å². The van der Waals surface area contributed by atoms with E-state index in [1.165, 1.54) is 13.8 Å². The van der Waals surface area contributed by atoms with E-state index in [4.69, 9.17) is 14.9 Å². The lowest BCUT2D eigenvalue weighted by atomic mass is 10.1. The Morgan fingerprint density at radius 1 is 1.31 bits per heavy atom. The Morgan fingerprint density at radius 2 is 1.88 bits per heavy atom. The average Bonchev–Trinajstić information content (AvgIpc) is 2.24. The van der Waals surface area contributed by atoms with E-state index in [0.29, 0.717) is 0 Å². The predicted molar refractivity (Wildman–Crippen MR) is 54.3 cm³/mol. The standard InChI is InChI=1S/C9H19NO6/c1-5(3-11)16-9(15)8(7(14)4-12)10-6(2)13/h5,7-9,11-12,14-15H,3-4H2,1-2H3,(H,10,13)/t5?,7?,8?,9-/m1/s1. The molecule has 4 atom stereocenters. The SMILES string of the molecule is CC(=O)NC(C(O)CO)[C@H](O)OC(C)CO. The second kappa shape index (κ2) is 7.53. The Hall–Kier alpha value is -0.730. The van der Waals surface area contributed by atoms with Crippen molar-refractivity contribution < 1.29 is 30.0 Å². The minimum absolute atomic E-state index is 0.306. The highest BCUT2D eigenvalue weighted by Crippen LogP contribution is 2.05. The normalized spacial score (nSPS) is 18.6. The van der Waals surface area contributed by atoms with Gasteiger partial charge < -0.3 is 30.5 Å². The molecule has 0 aromatic heterocycles. The number of aliphatic hydroxyl groups is 4. The van der Waals surface area contributed by atoms with Crippen molar-refractivity contribution in [1.82, 2.24) is 5.32 Å². The largest absolute Gasteiger partial charge is 0.394 e. The zero-order chi connectivity index (χ0) is 12.7. The minimum Gasteiger partial charge on any atom is -0.394 e. The molecule has 7 heteroatoms. The molecule has 0 aliphatic heterocycles. The van der Waals surface area contributed by atoms with Gasteiger partial charge in [0.15, 0.2) is 6.29 Å². The number of ether oxygens (including phenoxy) is 1. The summed E-state index contributed by atoms with van der Waals surface area (Å²) in [6, 6.07) is -1.14. The summed E-state index contributed by atoms with van der Waals surface area (Å²) in [5.41, 5.74) is 0. The first kappa shape index (κ1) is 15.3. The number of amides is 1. The van der Waals surface area contributed by atoms with Crippen molar-refractivity contribution in [3.05, 3.63) is 0 Å². The molecule has 0 aromatic carbocycles. The lowest BCUT2D eigenvalue weighted by molar-refractivity contribution is -0.177. The van der Waals surface area contributed by atoms with E-state index in [2.05, 4.69) is 5.32 Å². The molecule has 0 aromatic rings. The first-order valence-electron chi connectivity index (χ1n) is 4.92. The number of carbonyl (C=O) groups excluding carboxylic acids is 1. The molecule has 0 heterocycles. The van der Waals surface area contributed by atoms with E-state index in [0.717, 1.165) is 0 Å². The van der Waals surface area contributed by atoms with Crippen LogP contribution in [0.25, 0.3) is 0 Å². The van der Waals surface area contributed by atoms with E-state index >= 15 is 0 Å². The fourth-order valence-electron chi connectivity index (χ4n) is 1.07. The molecule has 0 spiro atoms. The lowest BCUT2D eigenvalue weighted by Gasteiger charge is -2.28. The zero-order valence-electron chi connectivity index (χ0n) is 9.33. The molecule has 0 aliphatic carbocycles. The van der Waals surface area contributed by atoms with Crippen LogP contribution in [0.4, 0.5) is 0 Å². The molecule has 0 radical (unpaired) electrons. The Labute approximate surface area is 93.7 Å². The number of rotatable bonds is 7. The van der Waals surface area contributed by atoms with Gasteiger partial charge >= 0.3 is 0 Å². The molecule has 0 saturated carbocycles. The van der Waals surface area contributed by atoms with Crippen LogP contribution in [-0.2, 0) is 9.53 Å². The van der Waals surface area contributed by atoms with Crippen LogP contribution < -0.4 is 5.32 Å². The highest BCUT2D eigenvalue weighted by Gasteiger charge is 2.29. The second-order valence-electron chi connectivity index (χ2n) is 3.50. The predicted octanol–water partition coefficient (Wildman–Crippen LogP) is -2.44. The Morgan fingerprint density at radius 3 is 2.25 bits per heavy atom. The molecular weight excluding hydrogens is 218 g/mol.